The van der Waals surface area contributed by atoms with Gasteiger partial charge in [0, 0.05) is 12.2 Å². The predicted octanol–water partition coefficient (Wildman–Crippen LogP) is 3.12. The highest BCUT2D eigenvalue weighted by Crippen LogP contribution is 2.30. The molecule has 2 fully saturated rings. The lowest BCUT2D eigenvalue weighted by molar-refractivity contribution is -0.140. The van der Waals surface area contributed by atoms with E-state index in [2.05, 4.69) is 16.2 Å². The number of anilines is 1. The van der Waals surface area contributed by atoms with Crippen molar-refractivity contribution in [3.63, 3.8) is 0 Å². The molecule has 0 unspecified atom stereocenters. The summed E-state index contributed by atoms with van der Waals surface area (Å²) in [6, 6.07) is 15.1. The van der Waals surface area contributed by atoms with Gasteiger partial charge in [0.25, 0.3) is 5.91 Å². The van der Waals surface area contributed by atoms with Gasteiger partial charge in [0.1, 0.15) is 18.2 Å². The number of ether oxygens (including phenoxy) is 1. The molecule has 0 saturated carbocycles. The quantitative estimate of drug-likeness (QED) is 0.478. The number of hydrogen-bond acceptors (Lipinski definition) is 6. The zero-order valence-corrected chi connectivity index (χ0v) is 21.7. The van der Waals surface area contributed by atoms with E-state index in [9.17, 15) is 19.2 Å². The Morgan fingerprint density at radius 3 is 2.34 bits per heavy atom. The summed E-state index contributed by atoms with van der Waals surface area (Å²) in [5.41, 5.74) is 6.42. The van der Waals surface area contributed by atoms with E-state index in [-0.39, 0.29) is 25.1 Å². The molecular weight excluding hydrogens is 490 g/mol. The Hall–Kier alpha value is -4.12. The number of carbonyl (C=O) groups excluding carboxylic acids is 4. The van der Waals surface area contributed by atoms with Gasteiger partial charge in [-0.1, -0.05) is 42.5 Å². The smallest absolute Gasteiger partial charge is 0.412 e. The van der Waals surface area contributed by atoms with Crippen LogP contribution in [0.15, 0.2) is 54.6 Å². The van der Waals surface area contributed by atoms with Crippen molar-refractivity contribution in [3.8, 4) is 0 Å². The molecule has 2 atom stereocenters. The molecule has 2 bridgehead atoms. The first-order valence-electron chi connectivity index (χ1n) is 12.5. The number of carbonyl (C=O) groups is 4. The van der Waals surface area contributed by atoms with Gasteiger partial charge < -0.3 is 9.64 Å². The second-order valence-corrected chi connectivity index (χ2v) is 10.3. The number of rotatable bonds is 7. The Morgan fingerprint density at radius 2 is 1.66 bits per heavy atom. The molecule has 38 heavy (non-hydrogen) atoms. The van der Waals surface area contributed by atoms with E-state index >= 15 is 0 Å². The van der Waals surface area contributed by atoms with Crippen molar-refractivity contribution in [1.82, 2.24) is 20.8 Å². The monoisotopic (exact) mass is 523 g/mol. The van der Waals surface area contributed by atoms with Crippen molar-refractivity contribution >= 4 is 29.6 Å². The molecule has 2 aliphatic heterocycles. The number of hydroxylamine groups is 2. The lowest BCUT2D eigenvalue weighted by Gasteiger charge is -2.29. The average Bonchev–Trinajstić information content (AvgIpc) is 3.11. The summed E-state index contributed by atoms with van der Waals surface area (Å²) in [7, 11) is 0. The summed E-state index contributed by atoms with van der Waals surface area (Å²) < 4.78 is 5.21. The second kappa shape index (κ2) is 11.5. The zero-order chi connectivity index (χ0) is 27.3. The second-order valence-electron chi connectivity index (χ2n) is 10.3. The van der Waals surface area contributed by atoms with Gasteiger partial charge in [-0.15, -0.1) is 0 Å². The number of fused-ring (bicyclic) bond motifs is 2. The third-order valence-corrected chi connectivity index (χ3v) is 6.13. The van der Waals surface area contributed by atoms with Crippen molar-refractivity contribution < 1.29 is 28.8 Å². The van der Waals surface area contributed by atoms with Crippen LogP contribution in [0.25, 0.3) is 0 Å². The van der Waals surface area contributed by atoms with E-state index in [0.29, 0.717) is 30.6 Å². The number of urea groups is 1. The number of amides is 5. The van der Waals surface area contributed by atoms with Gasteiger partial charge in [-0.05, 0) is 56.9 Å². The minimum absolute atomic E-state index is 0.0173. The summed E-state index contributed by atoms with van der Waals surface area (Å²) in [6.45, 7) is 5.98. The molecule has 11 nitrogen and oxygen atoms in total. The minimum Gasteiger partial charge on any atom is -0.444 e. The summed E-state index contributed by atoms with van der Waals surface area (Å²) in [6.07, 6.45) is 0.535. The first-order chi connectivity index (χ1) is 18.1. The molecule has 2 aromatic carbocycles. The van der Waals surface area contributed by atoms with Gasteiger partial charge >= 0.3 is 12.1 Å². The maximum absolute atomic E-state index is 12.9. The van der Waals surface area contributed by atoms with Gasteiger partial charge in [0.15, 0.2) is 0 Å². The Bertz CT molecular complexity index is 1160. The standard InChI is InChI=1S/C27H33N5O6/c1-27(2,3)38-25(35)28-20-11-9-18(10-12-20)15-23(33)29-30-24(34)22-14-13-21-16-31(22)26(36)32(21)37-17-19-7-5-4-6-8-19/h4-12,21-22H,13-17H2,1-3H3,(H,28,35)(H,29,33)(H,30,34)/t21-,22+/m1/s1. The highest BCUT2D eigenvalue weighted by atomic mass is 16.7. The van der Waals surface area contributed by atoms with Crippen LogP contribution in [0, 0.1) is 0 Å². The van der Waals surface area contributed by atoms with E-state index in [1.807, 2.05) is 30.3 Å². The van der Waals surface area contributed by atoms with Crippen molar-refractivity contribution in [2.75, 3.05) is 11.9 Å². The largest absolute Gasteiger partial charge is 0.444 e. The molecule has 11 heteroatoms. The fourth-order valence-corrected chi connectivity index (χ4v) is 4.36. The summed E-state index contributed by atoms with van der Waals surface area (Å²) in [5.74, 6) is -0.868. The van der Waals surface area contributed by atoms with E-state index in [0.717, 1.165) is 5.56 Å². The van der Waals surface area contributed by atoms with Crippen LogP contribution in [-0.4, -0.2) is 58.1 Å². The highest BCUT2D eigenvalue weighted by molar-refractivity contribution is 5.90. The van der Waals surface area contributed by atoms with Crippen LogP contribution in [0.5, 0.6) is 0 Å². The maximum atomic E-state index is 12.9. The Kier molecular flexibility index (Phi) is 8.16. The molecule has 2 saturated heterocycles. The normalized spacial score (nSPS) is 18.7. The molecule has 0 spiro atoms. The van der Waals surface area contributed by atoms with Gasteiger partial charge in [-0.25, -0.2) is 9.59 Å². The number of nitrogens with zero attached hydrogens (tertiary/aromatic N) is 2. The van der Waals surface area contributed by atoms with Crippen LogP contribution >= 0.6 is 0 Å². The summed E-state index contributed by atoms with van der Waals surface area (Å²) in [5, 5.41) is 3.99. The molecule has 202 valence electrons. The van der Waals surface area contributed by atoms with Crippen LogP contribution in [-0.2, 0) is 32.2 Å². The van der Waals surface area contributed by atoms with E-state index in [1.54, 1.807) is 45.0 Å². The fraction of sp³-hybridized carbons (Fsp3) is 0.407. The van der Waals surface area contributed by atoms with Crippen molar-refractivity contribution in [3.05, 3.63) is 65.7 Å². The molecule has 5 amide bonds. The van der Waals surface area contributed by atoms with Crippen LogP contribution < -0.4 is 16.2 Å². The predicted molar refractivity (Wildman–Crippen MR) is 138 cm³/mol. The molecule has 0 aromatic heterocycles. The molecule has 0 aliphatic carbocycles. The first-order valence-corrected chi connectivity index (χ1v) is 12.5. The van der Waals surface area contributed by atoms with Gasteiger partial charge in [-0.2, -0.15) is 5.06 Å². The van der Waals surface area contributed by atoms with E-state index < -0.39 is 29.6 Å². The maximum Gasteiger partial charge on any atom is 0.412 e. The molecule has 2 aromatic rings. The summed E-state index contributed by atoms with van der Waals surface area (Å²) >= 11 is 0. The topological polar surface area (TPSA) is 129 Å². The lowest BCUT2D eigenvalue weighted by atomic mass is 10.0. The van der Waals surface area contributed by atoms with Crippen LogP contribution in [0.1, 0.15) is 44.7 Å². The number of benzene rings is 2. The molecule has 3 N–H and O–H groups in total. The number of piperidine rings is 1. The first kappa shape index (κ1) is 26.9. The molecule has 2 aliphatic rings. The zero-order valence-electron chi connectivity index (χ0n) is 21.7. The van der Waals surface area contributed by atoms with Crippen LogP contribution in [0.2, 0.25) is 0 Å². The lowest BCUT2D eigenvalue weighted by Crippen LogP contribution is -2.54. The molecule has 0 radical (unpaired) electrons. The van der Waals surface area contributed by atoms with Crippen molar-refractivity contribution in [2.45, 2.75) is 64.3 Å². The SMILES string of the molecule is CC(C)(C)OC(=O)Nc1ccc(CC(=O)NNC(=O)[C@@H]2CC[C@@H]3CN2C(=O)N3OCc2ccccc2)cc1. The van der Waals surface area contributed by atoms with Gasteiger partial charge in [0.2, 0.25) is 5.91 Å². The third kappa shape index (κ3) is 7.00. The van der Waals surface area contributed by atoms with Gasteiger partial charge in [-0.3, -0.25) is 30.6 Å². The van der Waals surface area contributed by atoms with Crippen LogP contribution in [0.4, 0.5) is 15.3 Å². The van der Waals surface area contributed by atoms with E-state index in [4.69, 9.17) is 9.57 Å². The number of nitrogens with one attached hydrogen (secondary N) is 3. The van der Waals surface area contributed by atoms with Gasteiger partial charge in [0.05, 0.1) is 12.5 Å². The molecular formula is C27H33N5O6. The fourth-order valence-electron chi connectivity index (χ4n) is 4.36. The number of hydrogen-bond donors (Lipinski definition) is 3. The van der Waals surface area contributed by atoms with Crippen molar-refractivity contribution in [1.29, 1.82) is 0 Å². The average molecular weight is 524 g/mol. The molecule has 4 rings (SSSR count). The van der Waals surface area contributed by atoms with E-state index in [1.165, 1.54) is 9.96 Å². The minimum atomic E-state index is -0.692. The van der Waals surface area contributed by atoms with Crippen LogP contribution in [0.3, 0.4) is 0 Å². The Labute approximate surface area is 221 Å². The summed E-state index contributed by atoms with van der Waals surface area (Å²) in [4.78, 5) is 57.2. The Morgan fingerprint density at radius 1 is 0.947 bits per heavy atom. The number of hydrazine groups is 1. The highest BCUT2D eigenvalue weighted by Gasteiger charge is 2.48. The Balaban J connectivity index is 1.22. The van der Waals surface area contributed by atoms with Crippen molar-refractivity contribution in [2.24, 2.45) is 0 Å². The third-order valence-electron chi connectivity index (χ3n) is 6.13. The molecule has 2 heterocycles.